The van der Waals surface area contributed by atoms with Crippen LogP contribution in [-0.4, -0.2) is 42.0 Å². The molecule has 0 spiro atoms. The van der Waals surface area contributed by atoms with E-state index in [1.165, 1.54) is 24.3 Å². The maximum atomic E-state index is 5.49. The van der Waals surface area contributed by atoms with E-state index in [-0.39, 0.29) is 0 Å². The van der Waals surface area contributed by atoms with Crippen molar-refractivity contribution < 1.29 is 0 Å². The van der Waals surface area contributed by atoms with Gasteiger partial charge in [0.2, 0.25) is 5.96 Å². The lowest BCUT2D eigenvalue weighted by atomic mass is 10.2. The van der Waals surface area contributed by atoms with Crippen molar-refractivity contribution in [3.8, 4) is 0 Å². The molecular weight excluding hydrogens is 208 g/mol. The summed E-state index contributed by atoms with van der Waals surface area (Å²) in [7, 11) is 2.07. The van der Waals surface area contributed by atoms with Crippen LogP contribution in [0, 0.1) is 0 Å². The SMILES string of the molecule is CCCCN=C(NN)N(C)C1CCSC1. The molecule has 15 heavy (non-hydrogen) atoms. The Labute approximate surface area is 96.7 Å². The van der Waals surface area contributed by atoms with E-state index in [0.29, 0.717) is 6.04 Å². The van der Waals surface area contributed by atoms with Crippen molar-refractivity contribution in [3.63, 3.8) is 0 Å². The molecular formula is C10H22N4S. The van der Waals surface area contributed by atoms with E-state index in [9.17, 15) is 0 Å². The number of hydrogen-bond acceptors (Lipinski definition) is 3. The molecule has 5 heteroatoms. The minimum atomic E-state index is 0.589. The second-order valence-corrected chi connectivity index (χ2v) is 4.98. The number of nitrogens with two attached hydrogens (primary N) is 1. The lowest BCUT2D eigenvalue weighted by Gasteiger charge is -2.26. The molecule has 88 valence electrons. The van der Waals surface area contributed by atoms with Crippen molar-refractivity contribution >= 4 is 17.7 Å². The molecule has 0 aromatic carbocycles. The fraction of sp³-hybridized carbons (Fsp3) is 0.900. The molecule has 1 heterocycles. The number of hydrogen-bond donors (Lipinski definition) is 2. The lowest BCUT2D eigenvalue weighted by Crippen LogP contribution is -2.47. The van der Waals surface area contributed by atoms with Gasteiger partial charge in [-0.15, -0.1) is 0 Å². The highest BCUT2D eigenvalue weighted by molar-refractivity contribution is 7.99. The number of guanidine groups is 1. The van der Waals surface area contributed by atoms with Gasteiger partial charge in [-0.05, 0) is 18.6 Å². The molecule has 0 radical (unpaired) electrons. The van der Waals surface area contributed by atoms with Gasteiger partial charge >= 0.3 is 0 Å². The fourth-order valence-electron chi connectivity index (χ4n) is 1.60. The Morgan fingerprint density at radius 1 is 1.67 bits per heavy atom. The van der Waals surface area contributed by atoms with E-state index in [1.807, 2.05) is 11.8 Å². The number of nitrogens with zero attached hydrogens (tertiary/aromatic N) is 2. The van der Waals surface area contributed by atoms with Crippen molar-refractivity contribution in [1.82, 2.24) is 10.3 Å². The highest BCUT2D eigenvalue weighted by atomic mass is 32.2. The van der Waals surface area contributed by atoms with Crippen molar-refractivity contribution in [2.75, 3.05) is 25.1 Å². The average Bonchev–Trinajstić information content (AvgIpc) is 2.77. The van der Waals surface area contributed by atoms with Crippen molar-refractivity contribution in [1.29, 1.82) is 0 Å². The largest absolute Gasteiger partial charge is 0.341 e. The van der Waals surface area contributed by atoms with Crippen LogP contribution in [0.15, 0.2) is 4.99 Å². The molecule has 3 N–H and O–H groups in total. The van der Waals surface area contributed by atoms with Crippen LogP contribution in [-0.2, 0) is 0 Å². The zero-order valence-electron chi connectivity index (χ0n) is 9.70. The molecule has 4 nitrogen and oxygen atoms in total. The molecule has 0 aromatic rings. The van der Waals surface area contributed by atoms with Crippen LogP contribution in [0.3, 0.4) is 0 Å². The summed E-state index contributed by atoms with van der Waals surface area (Å²) in [6.45, 7) is 3.03. The van der Waals surface area contributed by atoms with Crippen LogP contribution in [0.4, 0.5) is 0 Å². The maximum absolute atomic E-state index is 5.49. The van der Waals surface area contributed by atoms with Crippen LogP contribution in [0.2, 0.25) is 0 Å². The monoisotopic (exact) mass is 230 g/mol. The Morgan fingerprint density at radius 3 is 3.00 bits per heavy atom. The number of nitrogens with one attached hydrogen (secondary N) is 1. The van der Waals surface area contributed by atoms with Crippen LogP contribution < -0.4 is 11.3 Å². The van der Waals surface area contributed by atoms with Crippen LogP contribution in [0.5, 0.6) is 0 Å². The van der Waals surface area contributed by atoms with Crippen LogP contribution >= 0.6 is 11.8 Å². The maximum Gasteiger partial charge on any atom is 0.208 e. The predicted molar refractivity (Wildman–Crippen MR) is 68.0 cm³/mol. The van der Waals surface area contributed by atoms with Crippen molar-refractivity contribution in [3.05, 3.63) is 0 Å². The van der Waals surface area contributed by atoms with E-state index in [0.717, 1.165) is 18.9 Å². The first kappa shape index (κ1) is 12.6. The molecule has 1 aliphatic rings. The van der Waals surface area contributed by atoms with Crippen molar-refractivity contribution in [2.45, 2.75) is 32.2 Å². The smallest absolute Gasteiger partial charge is 0.208 e. The number of rotatable bonds is 4. The first-order valence-corrected chi connectivity index (χ1v) is 6.76. The number of unbranched alkanes of at least 4 members (excludes halogenated alkanes) is 1. The molecule has 0 amide bonds. The van der Waals surface area contributed by atoms with Gasteiger partial charge in [-0.1, -0.05) is 13.3 Å². The Bertz CT molecular complexity index is 202. The van der Waals surface area contributed by atoms with Crippen LogP contribution in [0.25, 0.3) is 0 Å². The summed E-state index contributed by atoms with van der Waals surface area (Å²) in [4.78, 5) is 6.65. The summed E-state index contributed by atoms with van der Waals surface area (Å²) in [6, 6.07) is 0.589. The molecule has 0 aliphatic carbocycles. The van der Waals surface area contributed by atoms with Gasteiger partial charge in [-0.2, -0.15) is 11.8 Å². The summed E-state index contributed by atoms with van der Waals surface area (Å²) < 4.78 is 0. The van der Waals surface area contributed by atoms with E-state index < -0.39 is 0 Å². The molecule has 0 bridgehead atoms. The second-order valence-electron chi connectivity index (χ2n) is 3.83. The molecule has 1 rings (SSSR count). The molecule has 0 aromatic heterocycles. The summed E-state index contributed by atoms with van der Waals surface area (Å²) in [5, 5.41) is 0. The number of hydrazine groups is 1. The lowest BCUT2D eigenvalue weighted by molar-refractivity contribution is 0.383. The highest BCUT2D eigenvalue weighted by Gasteiger charge is 2.21. The Morgan fingerprint density at radius 2 is 2.47 bits per heavy atom. The predicted octanol–water partition coefficient (Wildman–Crippen LogP) is 1.04. The molecule has 0 saturated carbocycles. The van der Waals surface area contributed by atoms with Gasteiger partial charge in [-0.25, -0.2) is 5.84 Å². The van der Waals surface area contributed by atoms with E-state index >= 15 is 0 Å². The third kappa shape index (κ3) is 3.91. The number of thioether (sulfide) groups is 1. The molecule has 1 fully saturated rings. The van der Waals surface area contributed by atoms with Crippen LogP contribution in [0.1, 0.15) is 26.2 Å². The standard InChI is InChI=1S/C10H22N4S/c1-3-4-6-12-10(13-11)14(2)9-5-7-15-8-9/h9H,3-8,11H2,1-2H3,(H,12,13). The van der Waals surface area contributed by atoms with E-state index in [2.05, 4.69) is 29.3 Å². The molecule has 1 aliphatic heterocycles. The van der Waals surface area contributed by atoms with Gasteiger partial charge < -0.3 is 4.90 Å². The van der Waals surface area contributed by atoms with Crippen molar-refractivity contribution in [2.24, 2.45) is 10.8 Å². The number of aliphatic imine (C=N–C) groups is 1. The molecule has 1 unspecified atom stereocenters. The van der Waals surface area contributed by atoms with Gasteiger partial charge in [0, 0.05) is 25.4 Å². The Balaban J connectivity index is 2.44. The first-order chi connectivity index (χ1) is 7.29. The topological polar surface area (TPSA) is 53.6 Å². The van der Waals surface area contributed by atoms with Gasteiger partial charge in [0.05, 0.1) is 0 Å². The van der Waals surface area contributed by atoms with Gasteiger partial charge in [-0.3, -0.25) is 10.4 Å². The fourth-order valence-corrected chi connectivity index (χ4v) is 2.87. The Kier molecular flexibility index (Phi) is 5.86. The summed E-state index contributed by atoms with van der Waals surface area (Å²) >= 11 is 2.00. The second kappa shape index (κ2) is 6.95. The summed E-state index contributed by atoms with van der Waals surface area (Å²) in [5.74, 6) is 8.76. The zero-order valence-corrected chi connectivity index (χ0v) is 10.5. The normalized spacial score (nSPS) is 21.8. The third-order valence-electron chi connectivity index (χ3n) is 2.69. The summed E-state index contributed by atoms with van der Waals surface area (Å²) in [5.41, 5.74) is 2.70. The molecule has 1 atom stereocenters. The minimum absolute atomic E-state index is 0.589. The van der Waals surface area contributed by atoms with E-state index in [1.54, 1.807) is 0 Å². The highest BCUT2D eigenvalue weighted by Crippen LogP contribution is 2.21. The first-order valence-electron chi connectivity index (χ1n) is 5.61. The molecule has 1 saturated heterocycles. The average molecular weight is 230 g/mol. The van der Waals surface area contributed by atoms with Gasteiger partial charge in [0.25, 0.3) is 0 Å². The minimum Gasteiger partial charge on any atom is -0.341 e. The quantitative estimate of drug-likeness (QED) is 0.249. The van der Waals surface area contributed by atoms with Gasteiger partial charge in [0.15, 0.2) is 0 Å². The zero-order chi connectivity index (χ0) is 11.1. The van der Waals surface area contributed by atoms with E-state index in [4.69, 9.17) is 5.84 Å². The third-order valence-corrected chi connectivity index (χ3v) is 3.83. The van der Waals surface area contributed by atoms with Gasteiger partial charge in [0.1, 0.15) is 0 Å². The summed E-state index contributed by atoms with van der Waals surface area (Å²) in [6.07, 6.45) is 3.53. The Hall–Kier alpha value is -0.420.